The van der Waals surface area contributed by atoms with E-state index in [1.54, 1.807) is 16.5 Å². The lowest BCUT2D eigenvalue weighted by Gasteiger charge is -2.35. The summed E-state index contributed by atoms with van der Waals surface area (Å²) in [5.74, 6) is 1.40. The van der Waals surface area contributed by atoms with Gasteiger partial charge in [-0.15, -0.1) is 10.2 Å². The molecule has 0 spiro atoms. The first-order valence-corrected chi connectivity index (χ1v) is 8.77. The minimum absolute atomic E-state index is 0.124. The van der Waals surface area contributed by atoms with Crippen molar-refractivity contribution in [3.05, 3.63) is 42.4 Å². The van der Waals surface area contributed by atoms with Crippen LogP contribution in [0.25, 0.3) is 5.65 Å². The molecule has 140 valence electrons. The van der Waals surface area contributed by atoms with Gasteiger partial charge in [0.15, 0.2) is 11.5 Å². The van der Waals surface area contributed by atoms with Gasteiger partial charge in [-0.1, -0.05) is 12.1 Å². The van der Waals surface area contributed by atoms with Gasteiger partial charge in [0, 0.05) is 32.2 Å². The van der Waals surface area contributed by atoms with E-state index in [0.717, 1.165) is 30.2 Å². The van der Waals surface area contributed by atoms with Crippen LogP contribution in [0.4, 0.5) is 16.2 Å². The zero-order valence-electron chi connectivity index (χ0n) is 15.3. The van der Waals surface area contributed by atoms with Gasteiger partial charge in [0.1, 0.15) is 5.75 Å². The second-order valence-electron chi connectivity index (χ2n) is 6.34. The van der Waals surface area contributed by atoms with Crippen LogP contribution < -0.4 is 15.0 Å². The Bertz CT molecular complexity index is 963. The maximum absolute atomic E-state index is 12.6. The molecule has 1 saturated heterocycles. The highest BCUT2D eigenvalue weighted by Crippen LogP contribution is 2.24. The Labute approximate surface area is 156 Å². The van der Waals surface area contributed by atoms with Crippen molar-refractivity contribution in [1.29, 1.82) is 0 Å². The SMILES string of the molecule is COc1ccccc1NC(=O)N1CCN(c2cnn3c(C)nnc3c2)CC1. The molecule has 2 aromatic heterocycles. The average Bonchev–Trinajstić information content (AvgIpc) is 3.09. The summed E-state index contributed by atoms with van der Waals surface area (Å²) in [4.78, 5) is 16.6. The molecule has 9 heteroatoms. The second kappa shape index (κ2) is 7.10. The van der Waals surface area contributed by atoms with Gasteiger partial charge < -0.3 is 19.9 Å². The van der Waals surface area contributed by atoms with Crippen LogP contribution in [-0.4, -0.2) is 64.0 Å². The topological polar surface area (TPSA) is 87.9 Å². The Kier molecular flexibility index (Phi) is 4.49. The summed E-state index contributed by atoms with van der Waals surface area (Å²) in [6, 6.07) is 9.23. The first-order valence-electron chi connectivity index (χ1n) is 8.77. The third-order valence-corrected chi connectivity index (χ3v) is 4.68. The van der Waals surface area contributed by atoms with Crippen molar-refractivity contribution < 1.29 is 9.53 Å². The highest BCUT2D eigenvalue weighted by molar-refractivity contribution is 5.91. The number of aryl methyl sites for hydroxylation is 1. The molecule has 2 amide bonds. The molecule has 0 bridgehead atoms. The van der Waals surface area contributed by atoms with Crippen LogP contribution in [0.15, 0.2) is 36.5 Å². The molecule has 0 atom stereocenters. The van der Waals surface area contributed by atoms with Crippen molar-refractivity contribution in [2.45, 2.75) is 6.92 Å². The maximum atomic E-state index is 12.6. The summed E-state index contributed by atoms with van der Waals surface area (Å²) in [6.45, 7) is 4.57. The zero-order chi connectivity index (χ0) is 18.8. The van der Waals surface area contributed by atoms with E-state index in [2.05, 4.69) is 25.5 Å². The summed E-state index contributed by atoms with van der Waals surface area (Å²) in [5, 5.41) is 15.5. The molecule has 27 heavy (non-hydrogen) atoms. The number of rotatable bonds is 3. The number of nitrogens with zero attached hydrogens (tertiary/aromatic N) is 6. The molecule has 1 N–H and O–H groups in total. The monoisotopic (exact) mass is 367 g/mol. The molecule has 9 nitrogen and oxygen atoms in total. The largest absolute Gasteiger partial charge is 0.495 e. The highest BCUT2D eigenvalue weighted by atomic mass is 16.5. The van der Waals surface area contributed by atoms with Gasteiger partial charge in [0.05, 0.1) is 24.7 Å². The number of carbonyl (C=O) groups is 1. The van der Waals surface area contributed by atoms with Gasteiger partial charge in [0.25, 0.3) is 0 Å². The number of para-hydroxylation sites is 2. The minimum atomic E-state index is -0.124. The maximum Gasteiger partial charge on any atom is 0.322 e. The van der Waals surface area contributed by atoms with E-state index in [9.17, 15) is 4.79 Å². The molecule has 1 aliphatic rings. The Morgan fingerprint density at radius 3 is 2.70 bits per heavy atom. The summed E-state index contributed by atoms with van der Waals surface area (Å²) in [5.41, 5.74) is 2.38. The van der Waals surface area contributed by atoms with E-state index >= 15 is 0 Å². The zero-order valence-corrected chi connectivity index (χ0v) is 15.3. The van der Waals surface area contributed by atoms with E-state index in [-0.39, 0.29) is 6.03 Å². The summed E-state index contributed by atoms with van der Waals surface area (Å²) in [6.07, 6.45) is 1.81. The van der Waals surface area contributed by atoms with Gasteiger partial charge in [-0.3, -0.25) is 0 Å². The third-order valence-electron chi connectivity index (χ3n) is 4.68. The van der Waals surface area contributed by atoms with Crippen molar-refractivity contribution >= 4 is 23.1 Å². The van der Waals surface area contributed by atoms with Crippen LogP contribution in [-0.2, 0) is 0 Å². The lowest BCUT2D eigenvalue weighted by Crippen LogP contribution is -2.50. The number of hydrogen-bond acceptors (Lipinski definition) is 6. The Hall–Kier alpha value is -3.36. The van der Waals surface area contributed by atoms with E-state index < -0.39 is 0 Å². The van der Waals surface area contributed by atoms with Gasteiger partial charge in [0.2, 0.25) is 0 Å². The first-order chi connectivity index (χ1) is 13.2. The number of anilines is 2. The lowest BCUT2D eigenvalue weighted by atomic mass is 10.2. The highest BCUT2D eigenvalue weighted by Gasteiger charge is 2.22. The average molecular weight is 367 g/mol. The van der Waals surface area contributed by atoms with Gasteiger partial charge >= 0.3 is 6.03 Å². The van der Waals surface area contributed by atoms with Crippen LogP contribution in [0, 0.1) is 6.92 Å². The Balaban J connectivity index is 1.39. The fourth-order valence-corrected chi connectivity index (χ4v) is 3.18. The molecule has 1 aliphatic heterocycles. The van der Waals surface area contributed by atoms with Crippen LogP contribution in [0.5, 0.6) is 5.75 Å². The number of ether oxygens (including phenoxy) is 1. The van der Waals surface area contributed by atoms with Crippen molar-refractivity contribution in [2.24, 2.45) is 0 Å². The predicted octanol–water partition coefficient (Wildman–Crippen LogP) is 1.80. The fraction of sp³-hybridized carbons (Fsp3) is 0.333. The van der Waals surface area contributed by atoms with Gasteiger partial charge in [-0.05, 0) is 19.1 Å². The second-order valence-corrected chi connectivity index (χ2v) is 6.34. The Morgan fingerprint density at radius 1 is 1.15 bits per heavy atom. The van der Waals surface area contributed by atoms with Crippen molar-refractivity contribution in [3.63, 3.8) is 0 Å². The molecule has 0 saturated carbocycles. The van der Waals surface area contributed by atoms with E-state index in [4.69, 9.17) is 4.74 Å². The standard InChI is InChI=1S/C18H21N7O2/c1-13-21-22-17-11-14(12-19-25(13)17)23-7-9-24(10-8-23)18(26)20-15-5-3-4-6-16(15)27-2/h3-6,11-12H,7-10H2,1-2H3,(H,20,26). The van der Waals surface area contributed by atoms with E-state index in [0.29, 0.717) is 24.5 Å². The Morgan fingerprint density at radius 2 is 1.93 bits per heavy atom. The molecular formula is C18H21N7O2. The van der Waals surface area contributed by atoms with Crippen molar-refractivity contribution in [3.8, 4) is 5.75 Å². The lowest BCUT2D eigenvalue weighted by molar-refractivity contribution is 0.208. The number of hydrogen-bond donors (Lipinski definition) is 1. The van der Waals surface area contributed by atoms with Crippen molar-refractivity contribution in [1.82, 2.24) is 24.7 Å². The van der Waals surface area contributed by atoms with Crippen molar-refractivity contribution in [2.75, 3.05) is 43.5 Å². The number of carbonyl (C=O) groups excluding carboxylic acids is 1. The number of urea groups is 1. The molecule has 4 rings (SSSR count). The molecule has 0 radical (unpaired) electrons. The summed E-state index contributed by atoms with van der Waals surface area (Å²) in [7, 11) is 1.59. The number of piperazine rings is 1. The molecule has 0 aliphatic carbocycles. The number of amides is 2. The fourth-order valence-electron chi connectivity index (χ4n) is 3.18. The molecular weight excluding hydrogens is 346 g/mol. The summed E-state index contributed by atoms with van der Waals surface area (Å²) < 4.78 is 6.99. The smallest absolute Gasteiger partial charge is 0.322 e. The summed E-state index contributed by atoms with van der Waals surface area (Å²) >= 11 is 0. The normalized spacial score (nSPS) is 14.4. The number of methoxy groups -OCH3 is 1. The van der Waals surface area contributed by atoms with Crippen LogP contribution in [0.2, 0.25) is 0 Å². The van der Waals surface area contributed by atoms with E-state index in [1.165, 1.54) is 0 Å². The molecule has 1 fully saturated rings. The van der Waals surface area contributed by atoms with E-state index in [1.807, 2.05) is 43.5 Å². The number of aromatic nitrogens is 4. The number of benzene rings is 1. The third kappa shape index (κ3) is 3.35. The van der Waals surface area contributed by atoms with Gasteiger partial charge in [-0.2, -0.15) is 9.61 Å². The molecule has 3 heterocycles. The quantitative estimate of drug-likeness (QED) is 0.759. The van der Waals surface area contributed by atoms with Crippen LogP contribution >= 0.6 is 0 Å². The number of fused-ring (bicyclic) bond motifs is 1. The minimum Gasteiger partial charge on any atom is -0.495 e. The molecule has 3 aromatic rings. The van der Waals surface area contributed by atoms with Gasteiger partial charge in [-0.25, -0.2) is 4.79 Å². The predicted molar refractivity (Wildman–Crippen MR) is 101 cm³/mol. The van der Waals surface area contributed by atoms with Crippen LogP contribution in [0.1, 0.15) is 5.82 Å². The first kappa shape index (κ1) is 17.1. The molecule has 1 aromatic carbocycles. The van der Waals surface area contributed by atoms with Crippen LogP contribution in [0.3, 0.4) is 0 Å². The number of nitrogens with one attached hydrogen (secondary N) is 1. The molecule has 0 unspecified atom stereocenters.